The molecule has 1 aliphatic rings. The zero-order valence-corrected chi connectivity index (χ0v) is 16.2. The van der Waals surface area contributed by atoms with Gasteiger partial charge in [0.15, 0.2) is 0 Å². The van der Waals surface area contributed by atoms with Gasteiger partial charge in [-0.1, -0.05) is 66.0 Å². The van der Waals surface area contributed by atoms with Crippen molar-refractivity contribution in [1.82, 2.24) is 0 Å². The van der Waals surface area contributed by atoms with E-state index in [1.165, 1.54) is 21.2 Å². The lowest BCUT2D eigenvalue weighted by Gasteiger charge is -2.18. The van der Waals surface area contributed by atoms with Crippen molar-refractivity contribution in [3.63, 3.8) is 0 Å². The van der Waals surface area contributed by atoms with Gasteiger partial charge in [0.25, 0.3) is 0 Å². The number of rotatable bonds is 4. The quantitative estimate of drug-likeness (QED) is 0.504. The molecule has 3 rings (SSSR count). The molecule has 110 valence electrons. The van der Waals surface area contributed by atoms with Gasteiger partial charge in [0.05, 0.1) is 6.61 Å². The van der Waals surface area contributed by atoms with E-state index in [0.29, 0.717) is 5.92 Å². The Kier molecular flexibility index (Phi) is 5.07. The van der Waals surface area contributed by atoms with E-state index < -0.39 is 0 Å². The third-order valence-electron chi connectivity index (χ3n) is 3.82. The predicted octanol–water partition coefficient (Wildman–Crippen LogP) is 5.87. The van der Waals surface area contributed by atoms with Crippen molar-refractivity contribution in [3.05, 3.63) is 62.0 Å². The van der Waals surface area contributed by atoms with Crippen molar-refractivity contribution in [1.29, 1.82) is 0 Å². The lowest BCUT2D eigenvalue weighted by atomic mass is 9.92. The Morgan fingerprint density at radius 2 is 1.95 bits per heavy atom. The predicted molar refractivity (Wildman–Crippen MR) is 97.7 cm³/mol. The van der Waals surface area contributed by atoms with Crippen LogP contribution >= 0.6 is 47.8 Å². The Morgan fingerprint density at radius 3 is 2.71 bits per heavy atom. The first-order valence-electron chi connectivity index (χ1n) is 6.93. The van der Waals surface area contributed by atoms with Crippen LogP contribution in [0.4, 0.5) is 0 Å². The number of alkyl halides is 1. The van der Waals surface area contributed by atoms with Crippen molar-refractivity contribution in [2.75, 3.05) is 11.9 Å². The molecule has 1 nitrogen and oxygen atoms in total. The molecule has 1 aliphatic heterocycles. The molecule has 1 atom stereocenters. The van der Waals surface area contributed by atoms with Gasteiger partial charge in [-0.25, -0.2) is 0 Å². The molecular weight excluding hydrogens is 460 g/mol. The number of fused-ring (bicyclic) bond motifs is 1. The highest BCUT2D eigenvalue weighted by Gasteiger charge is 2.21. The Balaban J connectivity index is 1.94. The fraction of sp³-hybridized carbons (Fsp3) is 0.294. The molecule has 0 saturated heterocycles. The summed E-state index contributed by atoms with van der Waals surface area (Å²) >= 11 is 11.0. The van der Waals surface area contributed by atoms with Crippen LogP contribution in [-0.2, 0) is 12.8 Å². The fourth-order valence-electron chi connectivity index (χ4n) is 2.82. The van der Waals surface area contributed by atoms with Crippen molar-refractivity contribution >= 4 is 47.8 Å². The third kappa shape index (κ3) is 3.38. The second-order valence-electron chi connectivity index (χ2n) is 5.23. The Bertz CT molecular complexity index is 654. The molecule has 2 aromatic rings. The van der Waals surface area contributed by atoms with E-state index in [1.807, 2.05) is 0 Å². The molecule has 0 N–H and O–H groups in total. The van der Waals surface area contributed by atoms with Gasteiger partial charge in [-0.15, -0.1) is 0 Å². The summed E-state index contributed by atoms with van der Waals surface area (Å²) in [5.74, 6) is 1.51. The maximum Gasteiger partial charge on any atom is 0.125 e. The molecule has 0 bridgehead atoms. The summed E-state index contributed by atoms with van der Waals surface area (Å²) in [6.45, 7) is 0.798. The zero-order chi connectivity index (χ0) is 14.8. The van der Waals surface area contributed by atoms with E-state index in [4.69, 9.17) is 4.74 Å². The number of hydrogen-bond acceptors (Lipinski definition) is 1. The second-order valence-corrected chi connectivity index (χ2v) is 7.65. The molecule has 1 unspecified atom stereocenters. The molecule has 0 amide bonds. The summed E-state index contributed by atoms with van der Waals surface area (Å²) in [4.78, 5) is 0. The first-order chi connectivity index (χ1) is 10.2. The maximum absolute atomic E-state index is 5.85. The summed E-state index contributed by atoms with van der Waals surface area (Å²) < 4.78 is 8.16. The van der Waals surface area contributed by atoms with Crippen LogP contribution in [0.5, 0.6) is 5.75 Å². The highest BCUT2D eigenvalue weighted by atomic mass is 79.9. The number of benzene rings is 2. The molecule has 0 radical (unpaired) electrons. The zero-order valence-electron chi connectivity index (χ0n) is 11.4. The van der Waals surface area contributed by atoms with Gasteiger partial charge in [0.1, 0.15) is 5.75 Å². The molecule has 21 heavy (non-hydrogen) atoms. The molecule has 0 aromatic heterocycles. The van der Waals surface area contributed by atoms with Crippen LogP contribution in [0.3, 0.4) is 0 Å². The van der Waals surface area contributed by atoms with Crippen molar-refractivity contribution < 1.29 is 4.74 Å². The highest BCUT2D eigenvalue weighted by molar-refractivity contribution is 9.11. The minimum absolute atomic E-state index is 0.420. The lowest BCUT2D eigenvalue weighted by Crippen LogP contribution is -2.06. The van der Waals surface area contributed by atoms with Crippen molar-refractivity contribution in [3.8, 4) is 5.75 Å². The first kappa shape index (κ1) is 15.6. The number of halogens is 3. The molecule has 0 fully saturated rings. The maximum atomic E-state index is 5.85. The molecule has 0 saturated carbocycles. The van der Waals surface area contributed by atoms with Gasteiger partial charge in [0.2, 0.25) is 0 Å². The van der Waals surface area contributed by atoms with E-state index in [9.17, 15) is 0 Å². The fourth-order valence-corrected chi connectivity index (χ4v) is 4.56. The SMILES string of the molecule is BrCC(Cc1cc(Br)cc2c1OCC2)c1ccccc1Br. The van der Waals surface area contributed by atoms with Crippen LogP contribution in [0.2, 0.25) is 0 Å². The summed E-state index contributed by atoms with van der Waals surface area (Å²) in [7, 11) is 0. The van der Waals surface area contributed by atoms with Gasteiger partial charge in [-0.05, 0) is 47.2 Å². The number of ether oxygens (including phenoxy) is 1. The van der Waals surface area contributed by atoms with E-state index in [0.717, 1.165) is 35.0 Å². The van der Waals surface area contributed by atoms with E-state index >= 15 is 0 Å². The molecule has 4 heteroatoms. The van der Waals surface area contributed by atoms with Gasteiger partial charge < -0.3 is 4.74 Å². The van der Waals surface area contributed by atoms with Gasteiger partial charge in [0, 0.05) is 20.7 Å². The minimum Gasteiger partial charge on any atom is -0.493 e. The molecule has 0 spiro atoms. The van der Waals surface area contributed by atoms with E-state index in [-0.39, 0.29) is 0 Å². The van der Waals surface area contributed by atoms with E-state index in [1.54, 1.807) is 0 Å². The van der Waals surface area contributed by atoms with Crippen molar-refractivity contribution in [2.24, 2.45) is 0 Å². The van der Waals surface area contributed by atoms with Crippen LogP contribution in [-0.4, -0.2) is 11.9 Å². The van der Waals surface area contributed by atoms with Gasteiger partial charge >= 0.3 is 0 Å². The highest BCUT2D eigenvalue weighted by Crippen LogP contribution is 2.37. The smallest absolute Gasteiger partial charge is 0.125 e. The normalized spacial score (nSPS) is 14.6. The summed E-state index contributed by atoms with van der Waals surface area (Å²) in [6.07, 6.45) is 1.98. The Morgan fingerprint density at radius 1 is 1.14 bits per heavy atom. The Labute approximate surface area is 150 Å². The summed E-state index contributed by atoms with van der Waals surface area (Å²) in [5.41, 5.74) is 3.94. The largest absolute Gasteiger partial charge is 0.493 e. The summed E-state index contributed by atoms with van der Waals surface area (Å²) in [6, 6.07) is 12.8. The lowest BCUT2D eigenvalue weighted by molar-refractivity contribution is 0.353. The van der Waals surface area contributed by atoms with E-state index in [2.05, 4.69) is 84.2 Å². The molecule has 2 aromatic carbocycles. The topological polar surface area (TPSA) is 9.23 Å². The molecule has 1 heterocycles. The Hall–Kier alpha value is -0.320. The van der Waals surface area contributed by atoms with Crippen LogP contribution in [0.25, 0.3) is 0 Å². The average Bonchev–Trinajstić information content (AvgIpc) is 2.93. The van der Waals surface area contributed by atoms with Crippen LogP contribution in [0.15, 0.2) is 45.3 Å². The first-order valence-corrected chi connectivity index (χ1v) is 9.64. The number of hydrogen-bond donors (Lipinski definition) is 0. The third-order valence-corrected chi connectivity index (χ3v) is 5.78. The van der Waals surface area contributed by atoms with Gasteiger partial charge in [-0.3, -0.25) is 0 Å². The monoisotopic (exact) mass is 472 g/mol. The van der Waals surface area contributed by atoms with Crippen molar-refractivity contribution in [2.45, 2.75) is 18.8 Å². The standard InChI is InChI=1S/C17H15Br3O/c18-10-13(15-3-1-2-4-16(15)20)7-12-9-14(19)8-11-5-6-21-17(11)12/h1-4,8-9,13H,5-7,10H2. The minimum atomic E-state index is 0.420. The molecule has 0 aliphatic carbocycles. The van der Waals surface area contributed by atoms with Gasteiger partial charge in [-0.2, -0.15) is 0 Å². The average molecular weight is 475 g/mol. The summed E-state index contributed by atoms with van der Waals surface area (Å²) in [5, 5.41) is 0.927. The van der Waals surface area contributed by atoms with Crippen LogP contribution < -0.4 is 4.74 Å². The second kappa shape index (κ2) is 6.84. The molecular formula is C17H15Br3O. The van der Waals surface area contributed by atoms with Crippen LogP contribution in [0, 0.1) is 0 Å². The van der Waals surface area contributed by atoms with Crippen LogP contribution in [0.1, 0.15) is 22.6 Å².